The molecule has 0 aliphatic rings. The average molecular weight is 345 g/mol. The fourth-order valence-corrected chi connectivity index (χ4v) is 3.70. The standard InChI is InChI=1S/C14H17ClN2O2S2/c1-7(2)10-5-9-12(15)16-14(17-13(9)21-10)20-6-11(18)19-8(3)4/h5,7-8H,6H2,1-4H3. The van der Waals surface area contributed by atoms with Gasteiger partial charge in [-0.1, -0.05) is 37.2 Å². The minimum Gasteiger partial charge on any atom is -0.462 e. The van der Waals surface area contributed by atoms with Crippen LogP contribution in [0.1, 0.15) is 38.5 Å². The van der Waals surface area contributed by atoms with Crippen molar-refractivity contribution in [3.63, 3.8) is 0 Å². The number of carbonyl (C=O) groups is 1. The van der Waals surface area contributed by atoms with E-state index >= 15 is 0 Å². The number of aromatic nitrogens is 2. The number of fused-ring (bicyclic) bond motifs is 1. The van der Waals surface area contributed by atoms with Crippen molar-refractivity contribution in [2.75, 3.05) is 5.75 Å². The normalized spacial score (nSPS) is 11.6. The molecule has 2 rings (SSSR count). The van der Waals surface area contributed by atoms with E-state index in [2.05, 4.69) is 23.8 Å². The third kappa shape index (κ3) is 4.31. The third-order valence-corrected chi connectivity index (χ3v) is 5.04. The van der Waals surface area contributed by atoms with Crippen LogP contribution in [0.5, 0.6) is 0 Å². The van der Waals surface area contributed by atoms with E-state index in [0.29, 0.717) is 16.2 Å². The Morgan fingerprint density at radius 1 is 1.38 bits per heavy atom. The number of hydrogen-bond donors (Lipinski definition) is 0. The molecule has 0 radical (unpaired) electrons. The Kier molecular flexibility index (Phi) is 5.46. The lowest BCUT2D eigenvalue weighted by Gasteiger charge is -2.06. The van der Waals surface area contributed by atoms with E-state index in [1.54, 1.807) is 11.3 Å². The van der Waals surface area contributed by atoms with Gasteiger partial charge in [-0.15, -0.1) is 11.3 Å². The molecule has 0 amide bonds. The molecule has 0 saturated heterocycles. The fourth-order valence-electron chi connectivity index (χ4n) is 1.66. The maximum atomic E-state index is 11.5. The zero-order chi connectivity index (χ0) is 15.6. The first-order valence-electron chi connectivity index (χ1n) is 6.66. The Balaban J connectivity index is 2.16. The molecular weight excluding hydrogens is 328 g/mol. The minimum absolute atomic E-state index is 0.115. The number of carbonyl (C=O) groups excluding carboxylic acids is 1. The molecule has 2 heterocycles. The molecule has 0 aliphatic heterocycles. The van der Waals surface area contributed by atoms with Gasteiger partial charge in [-0.3, -0.25) is 4.79 Å². The second-order valence-corrected chi connectivity index (χ2v) is 7.51. The van der Waals surface area contributed by atoms with Crippen LogP contribution in [0.15, 0.2) is 11.2 Å². The number of halogens is 1. The molecule has 2 aromatic rings. The SMILES string of the molecule is CC(C)OC(=O)CSc1nc(Cl)c2cc(C(C)C)sc2n1. The summed E-state index contributed by atoms with van der Waals surface area (Å²) in [5, 5.41) is 1.81. The predicted molar refractivity (Wildman–Crippen MR) is 88.5 cm³/mol. The van der Waals surface area contributed by atoms with Gasteiger partial charge in [-0.2, -0.15) is 0 Å². The van der Waals surface area contributed by atoms with Crippen molar-refractivity contribution in [1.29, 1.82) is 0 Å². The van der Waals surface area contributed by atoms with E-state index in [0.717, 1.165) is 10.2 Å². The lowest BCUT2D eigenvalue weighted by molar-refractivity contribution is -0.144. The Bertz CT molecular complexity index is 656. The van der Waals surface area contributed by atoms with E-state index in [9.17, 15) is 4.79 Å². The van der Waals surface area contributed by atoms with Gasteiger partial charge in [0.2, 0.25) is 0 Å². The summed E-state index contributed by atoms with van der Waals surface area (Å²) < 4.78 is 5.08. The molecule has 0 aliphatic carbocycles. The van der Waals surface area contributed by atoms with Gasteiger partial charge in [-0.05, 0) is 25.8 Å². The summed E-state index contributed by atoms with van der Waals surface area (Å²) in [5.74, 6) is 0.337. The van der Waals surface area contributed by atoms with Crippen LogP contribution >= 0.6 is 34.7 Å². The Labute approximate surface area is 137 Å². The van der Waals surface area contributed by atoms with Crippen LogP contribution in [0, 0.1) is 0 Å². The summed E-state index contributed by atoms with van der Waals surface area (Å²) in [6, 6.07) is 2.04. The van der Waals surface area contributed by atoms with Crippen LogP contribution in [0.4, 0.5) is 0 Å². The van der Waals surface area contributed by atoms with Crippen LogP contribution in [0.2, 0.25) is 5.15 Å². The van der Waals surface area contributed by atoms with E-state index in [-0.39, 0.29) is 17.8 Å². The minimum atomic E-state index is -0.274. The summed E-state index contributed by atoms with van der Waals surface area (Å²) in [6.07, 6.45) is -0.115. The zero-order valence-corrected chi connectivity index (χ0v) is 14.7. The Hall–Kier alpha value is -0.850. The average Bonchev–Trinajstić information content (AvgIpc) is 2.80. The smallest absolute Gasteiger partial charge is 0.316 e. The van der Waals surface area contributed by atoms with Crippen molar-refractivity contribution in [3.05, 3.63) is 16.1 Å². The summed E-state index contributed by atoms with van der Waals surface area (Å²) >= 11 is 9.06. The van der Waals surface area contributed by atoms with Gasteiger partial charge in [0.25, 0.3) is 0 Å². The Morgan fingerprint density at radius 3 is 2.71 bits per heavy atom. The molecule has 0 bridgehead atoms. The van der Waals surface area contributed by atoms with Crippen molar-refractivity contribution >= 4 is 50.9 Å². The fraction of sp³-hybridized carbons (Fsp3) is 0.500. The first kappa shape index (κ1) is 16.5. The summed E-state index contributed by atoms with van der Waals surface area (Å²) in [4.78, 5) is 22.3. The first-order valence-corrected chi connectivity index (χ1v) is 8.84. The highest BCUT2D eigenvalue weighted by Gasteiger charge is 2.14. The molecule has 2 aromatic heterocycles. The summed E-state index contributed by atoms with van der Waals surface area (Å²) in [7, 11) is 0. The highest BCUT2D eigenvalue weighted by molar-refractivity contribution is 7.99. The molecule has 0 atom stereocenters. The van der Waals surface area contributed by atoms with Crippen molar-refractivity contribution in [2.24, 2.45) is 0 Å². The predicted octanol–water partition coefficient (Wildman–Crippen LogP) is 4.51. The van der Waals surface area contributed by atoms with E-state index < -0.39 is 0 Å². The highest BCUT2D eigenvalue weighted by Crippen LogP contribution is 2.34. The van der Waals surface area contributed by atoms with Crippen molar-refractivity contribution in [1.82, 2.24) is 9.97 Å². The summed E-state index contributed by atoms with van der Waals surface area (Å²) in [5.41, 5.74) is 0. The van der Waals surface area contributed by atoms with Crippen molar-refractivity contribution in [3.8, 4) is 0 Å². The van der Waals surface area contributed by atoms with Gasteiger partial charge < -0.3 is 4.74 Å². The number of nitrogens with zero attached hydrogens (tertiary/aromatic N) is 2. The van der Waals surface area contributed by atoms with Crippen LogP contribution in [0.3, 0.4) is 0 Å². The van der Waals surface area contributed by atoms with E-state index in [4.69, 9.17) is 16.3 Å². The van der Waals surface area contributed by atoms with Crippen LogP contribution in [-0.4, -0.2) is 27.8 Å². The molecule has 0 saturated carbocycles. The molecule has 114 valence electrons. The van der Waals surface area contributed by atoms with Crippen LogP contribution < -0.4 is 0 Å². The second-order valence-electron chi connectivity index (χ2n) is 5.15. The molecule has 0 unspecified atom stereocenters. The van der Waals surface area contributed by atoms with Crippen LogP contribution in [-0.2, 0) is 9.53 Å². The maximum absolute atomic E-state index is 11.5. The van der Waals surface area contributed by atoms with Gasteiger partial charge in [0.1, 0.15) is 9.98 Å². The topological polar surface area (TPSA) is 52.1 Å². The number of thioether (sulfide) groups is 1. The molecule has 0 N–H and O–H groups in total. The first-order chi connectivity index (χ1) is 9.86. The molecule has 4 nitrogen and oxygen atoms in total. The number of ether oxygens (including phenoxy) is 1. The van der Waals surface area contributed by atoms with Gasteiger partial charge in [0, 0.05) is 10.3 Å². The number of esters is 1. The van der Waals surface area contributed by atoms with Crippen molar-refractivity contribution in [2.45, 2.75) is 44.9 Å². The molecule has 0 aromatic carbocycles. The van der Waals surface area contributed by atoms with E-state index in [1.807, 2.05) is 19.9 Å². The quantitative estimate of drug-likeness (QED) is 0.345. The molecule has 7 heteroatoms. The largest absolute Gasteiger partial charge is 0.462 e. The summed E-state index contributed by atoms with van der Waals surface area (Å²) in [6.45, 7) is 7.90. The maximum Gasteiger partial charge on any atom is 0.316 e. The Morgan fingerprint density at radius 2 is 2.10 bits per heavy atom. The molecule has 0 spiro atoms. The lowest BCUT2D eigenvalue weighted by Crippen LogP contribution is -2.13. The molecular formula is C14H17ClN2O2S2. The van der Waals surface area contributed by atoms with Crippen molar-refractivity contribution < 1.29 is 9.53 Å². The number of thiophene rings is 1. The lowest BCUT2D eigenvalue weighted by atomic mass is 10.2. The van der Waals surface area contributed by atoms with Crippen LogP contribution in [0.25, 0.3) is 10.2 Å². The number of rotatable bonds is 5. The second kappa shape index (κ2) is 6.94. The highest BCUT2D eigenvalue weighted by atomic mass is 35.5. The zero-order valence-electron chi connectivity index (χ0n) is 12.3. The van der Waals surface area contributed by atoms with Gasteiger partial charge in [0.15, 0.2) is 5.16 Å². The number of hydrogen-bond acceptors (Lipinski definition) is 6. The van der Waals surface area contributed by atoms with Gasteiger partial charge >= 0.3 is 5.97 Å². The monoisotopic (exact) mass is 344 g/mol. The van der Waals surface area contributed by atoms with Gasteiger partial charge in [0.05, 0.1) is 11.9 Å². The third-order valence-electron chi connectivity index (χ3n) is 2.60. The molecule has 0 fully saturated rings. The van der Waals surface area contributed by atoms with E-state index in [1.165, 1.54) is 16.6 Å². The van der Waals surface area contributed by atoms with Gasteiger partial charge in [-0.25, -0.2) is 9.97 Å². The molecule has 21 heavy (non-hydrogen) atoms.